The average molecular weight is 333 g/mol. The van der Waals surface area contributed by atoms with Crippen molar-refractivity contribution in [2.45, 2.75) is 4.90 Å². The second-order valence-electron chi connectivity index (χ2n) is 5.11. The minimum atomic E-state index is -3.28. The number of nitrogens with one attached hydrogen (secondary N) is 1. The van der Waals surface area contributed by atoms with E-state index in [1.54, 1.807) is 18.2 Å². The minimum Gasteiger partial charge on any atom is -0.486 e. The number of benzene rings is 2. The van der Waals surface area contributed by atoms with Gasteiger partial charge in [0.1, 0.15) is 13.2 Å². The SMILES string of the molecule is CS(=O)(=O)c1ccc(C(=O)Nc2ccc3c(c2)OCCO3)cc1. The second-order valence-corrected chi connectivity index (χ2v) is 7.12. The molecule has 1 heterocycles. The molecule has 120 valence electrons. The van der Waals surface area contributed by atoms with Crippen molar-refractivity contribution in [3.05, 3.63) is 48.0 Å². The summed E-state index contributed by atoms with van der Waals surface area (Å²) in [5, 5.41) is 2.74. The van der Waals surface area contributed by atoms with Crippen LogP contribution in [0.1, 0.15) is 10.4 Å². The van der Waals surface area contributed by atoms with Crippen LogP contribution in [-0.2, 0) is 9.84 Å². The van der Waals surface area contributed by atoms with E-state index in [2.05, 4.69) is 5.32 Å². The molecule has 1 aliphatic heterocycles. The van der Waals surface area contributed by atoms with Crippen molar-refractivity contribution < 1.29 is 22.7 Å². The Hall–Kier alpha value is -2.54. The Balaban J connectivity index is 1.76. The third-order valence-corrected chi connectivity index (χ3v) is 4.47. The Morgan fingerprint density at radius 3 is 2.30 bits per heavy atom. The summed E-state index contributed by atoms with van der Waals surface area (Å²) in [5.74, 6) is 0.898. The Labute approximate surface area is 134 Å². The molecule has 0 radical (unpaired) electrons. The highest BCUT2D eigenvalue weighted by Gasteiger charge is 2.14. The zero-order valence-electron chi connectivity index (χ0n) is 12.4. The van der Waals surface area contributed by atoms with E-state index in [1.807, 2.05) is 0 Å². The Morgan fingerprint density at radius 1 is 1.00 bits per heavy atom. The largest absolute Gasteiger partial charge is 0.486 e. The molecule has 7 heteroatoms. The lowest BCUT2D eigenvalue weighted by atomic mass is 10.2. The Kier molecular flexibility index (Phi) is 3.96. The molecule has 0 saturated carbocycles. The van der Waals surface area contributed by atoms with Gasteiger partial charge in [0, 0.05) is 23.6 Å². The van der Waals surface area contributed by atoms with E-state index in [0.717, 1.165) is 6.26 Å². The fourth-order valence-corrected chi connectivity index (χ4v) is 2.81. The van der Waals surface area contributed by atoms with Gasteiger partial charge in [0.05, 0.1) is 4.90 Å². The van der Waals surface area contributed by atoms with Crippen molar-refractivity contribution in [2.75, 3.05) is 24.8 Å². The first-order chi connectivity index (χ1) is 10.9. The van der Waals surface area contributed by atoms with Crippen LogP contribution in [0, 0.1) is 0 Å². The first kappa shape index (κ1) is 15.4. The van der Waals surface area contributed by atoms with E-state index in [9.17, 15) is 13.2 Å². The second kappa shape index (κ2) is 5.92. The Bertz CT molecular complexity index is 843. The quantitative estimate of drug-likeness (QED) is 0.930. The highest BCUT2D eigenvalue weighted by Crippen LogP contribution is 2.32. The molecule has 2 aromatic rings. The predicted molar refractivity (Wildman–Crippen MR) is 84.9 cm³/mol. The van der Waals surface area contributed by atoms with Crippen LogP contribution in [0.5, 0.6) is 11.5 Å². The van der Waals surface area contributed by atoms with Crippen LogP contribution in [0.4, 0.5) is 5.69 Å². The van der Waals surface area contributed by atoms with Gasteiger partial charge in [-0.25, -0.2) is 8.42 Å². The minimum absolute atomic E-state index is 0.174. The monoisotopic (exact) mass is 333 g/mol. The molecular formula is C16H15NO5S. The maximum Gasteiger partial charge on any atom is 0.255 e. The first-order valence-electron chi connectivity index (χ1n) is 6.94. The van der Waals surface area contributed by atoms with Gasteiger partial charge in [-0.1, -0.05) is 0 Å². The molecule has 0 spiro atoms. The summed E-state index contributed by atoms with van der Waals surface area (Å²) in [6.07, 6.45) is 1.12. The number of hydrogen-bond donors (Lipinski definition) is 1. The lowest BCUT2D eigenvalue weighted by Gasteiger charge is -2.19. The molecule has 0 bridgehead atoms. The van der Waals surface area contributed by atoms with E-state index in [-0.39, 0.29) is 10.8 Å². The summed E-state index contributed by atoms with van der Waals surface area (Å²) in [6, 6.07) is 10.9. The molecule has 2 aromatic carbocycles. The molecule has 0 atom stereocenters. The van der Waals surface area contributed by atoms with Gasteiger partial charge in [-0.05, 0) is 36.4 Å². The molecule has 0 unspecified atom stereocenters. The molecule has 3 rings (SSSR count). The van der Waals surface area contributed by atoms with Crippen molar-refractivity contribution in [1.82, 2.24) is 0 Å². The van der Waals surface area contributed by atoms with Gasteiger partial charge in [0.15, 0.2) is 21.3 Å². The summed E-state index contributed by atoms with van der Waals surface area (Å²) in [4.78, 5) is 12.4. The van der Waals surface area contributed by atoms with Crippen molar-refractivity contribution in [3.63, 3.8) is 0 Å². The molecule has 23 heavy (non-hydrogen) atoms. The van der Waals surface area contributed by atoms with Crippen molar-refractivity contribution in [3.8, 4) is 11.5 Å². The number of fused-ring (bicyclic) bond motifs is 1. The standard InChI is InChI=1S/C16H15NO5S/c1-23(19,20)13-5-2-11(3-6-13)16(18)17-12-4-7-14-15(10-12)22-9-8-21-14/h2-7,10H,8-9H2,1H3,(H,17,18). The van der Waals surface area contributed by atoms with Crippen LogP contribution in [0.15, 0.2) is 47.4 Å². The maximum atomic E-state index is 12.2. The third-order valence-electron chi connectivity index (χ3n) is 3.34. The number of hydrogen-bond acceptors (Lipinski definition) is 5. The van der Waals surface area contributed by atoms with Crippen LogP contribution in [0.2, 0.25) is 0 Å². The van der Waals surface area contributed by atoms with Crippen LogP contribution >= 0.6 is 0 Å². The van der Waals surface area contributed by atoms with Gasteiger partial charge in [0.2, 0.25) is 0 Å². The number of ether oxygens (including phenoxy) is 2. The van der Waals surface area contributed by atoms with Gasteiger partial charge in [0.25, 0.3) is 5.91 Å². The number of carbonyl (C=O) groups excluding carboxylic acids is 1. The first-order valence-corrected chi connectivity index (χ1v) is 8.84. The van der Waals surface area contributed by atoms with Gasteiger partial charge >= 0.3 is 0 Å². The molecule has 0 aromatic heterocycles. The van der Waals surface area contributed by atoms with Crippen LogP contribution in [0.3, 0.4) is 0 Å². The van der Waals surface area contributed by atoms with Crippen LogP contribution < -0.4 is 14.8 Å². The number of rotatable bonds is 3. The number of sulfone groups is 1. The summed E-state index contributed by atoms with van der Waals surface area (Å²) in [7, 11) is -3.28. The summed E-state index contributed by atoms with van der Waals surface area (Å²) < 4.78 is 33.7. The molecular weight excluding hydrogens is 318 g/mol. The smallest absolute Gasteiger partial charge is 0.255 e. The number of carbonyl (C=O) groups is 1. The van der Waals surface area contributed by atoms with Crippen molar-refractivity contribution >= 4 is 21.4 Å². The lowest BCUT2D eigenvalue weighted by Crippen LogP contribution is -2.16. The summed E-state index contributed by atoms with van der Waals surface area (Å²) in [6.45, 7) is 0.975. The highest BCUT2D eigenvalue weighted by molar-refractivity contribution is 7.90. The van der Waals surface area contributed by atoms with Gasteiger partial charge in [-0.2, -0.15) is 0 Å². The van der Waals surface area contributed by atoms with Crippen molar-refractivity contribution in [2.24, 2.45) is 0 Å². The number of amides is 1. The van der Waals surface area contributed by atoms with Crippen LogP contribution in [0.25, 0.3) is 0 Å². The molecule has 1 amide bonds. The molecule has 0 saturated heterocycles. The van der Waals surface area contributed by atoms with Gasteiger partial charge in [-0.15, -0.1) is 0 Å². The van der Waals surface area contributed by atoms with E-state index < -0.39 is 9.84 Å². The highest BCUT2D eigenvalue weighted by atomic mass is 32.2. The zero-order valence-corrected chi connectivity index (χ0v) is 13.2. The average Bonchev–Trinajstić information content (AvgIpc) is 2.54. The maximum absolute atomic E-state index is 12.2. The van der Waals surface area contributed by atoms with Gasteiger partial charge < -0.3 is 14.8 Å². The topological polar surface area (TPSA) is 81.7 Å². The Morgan fingerprint density at radius 2 is 1.65 bits per heavy atom. The molecule has 0 aliphatic carbocycles. The van der Waals surface area contributed by atoms with Crippen LogP contribution in [-0.4, -0.2) is 33.8 Å². The normalized spacial score (nSPS) is 13.4. The van der Waals surface area contributed by atoms with Crippen molar-refractivity contribution in [1.29, 1.82) is 0 Å². The molecule has 1 N–H and O–H groups in total. The third kappa shape index (κ3) is 3.45. The van der Waals surface area contributed by atoms with E-state index in [0.29, 0.717) is 36.0 Å². The summed E-state index contributed by atoms with van der Waals surface area (Å²) >= 11 is 0. The molecule has 0 fully saturated rings. The number of anilines is 1. The summed E-state index contributed by atoms with van der Waals surface area (Å²) in [5.41, 5.74) is 0.943. The van der Waals surface area contributed by atoms with E-state index in [1.165, 1.54) is 24.3 Å². The van der Waals surface area contributed by atoms with Gasteiger partial charge in [-0.3, -0.25) is 4.79 Å². The predicted octanol–water partition coefficient (Wildman–Crippen LogP) is 2.11. The zero-order chi connectivity index (χ0) is 16.4. The molecule has 6 nitrogen and oxygen atoms in total. The van der Waals surface area contributed by atoms with E-state index in [4.69, 9.17) is 9.47 Å². The van der Waals surface area contributed by atoms with E-state index >= 15 is 0 Å². The molecule has 1 aliphatic rings. The fraction of sp³-hybridized carbons (Fsp3) is 0.188. The lowest BCUT2D eigenvalue weighted by molar-refractivity contribution is 0.102. The fourth-order valence-electron chi connectivity index (χ4n) is 2.18.